The minimum atomic E-state index is -0.0295. The van der Waals surface area contributed by atoms with Crippen LogP contribution in [0.1, 0.15) is 23.7 Å². The number of rotatable bonds is 1. The molecule has 0 aliphatic carbocycles. The quantitative estimate of drug-likeness (QED) is 0.862. The Balaban J connectivity index is 0.00000180. The molecule has 0 radical (unpaired) electrons. The molecule has 3 nitrogen and oxygen atoms in total. The Morgan fingerprint density at radius 2 is 1.89 bits per heavy atom. The Morgan fingerprint density at radius 1 is 1.32 bits per heavy atom. The van der Waals surface area contributed by atoms with Gasteiger partial charge in [0.15, 0.2) is 0 Å². The third-order valence-corrected chi connectivity index (χ3v) is 3.80. The summed E-state index contributed by atoms with van der Waals surface area (Å²) in [5, 5.41) is 0.959. The first kappa shape index (κ1) is 16.6. The van der Waals surface area contributed by atoms with Crippen LogP contribution in [0.3, 0.4) is 0 Å². The van der Waals surface area contributed by atoms with Crippen LogP contribution in [0.25, 0.3) is 0 Å². The van der Waals surface area contributed by atoms with Gasteiger partial charge >= 0.3 is 0 Å². The van der Waals surface area contributed by atoms with Crippen molar-refractivity contribution in [1.29, 1.82) is 0 Å². The van der Waals surface area contributed by atoms with Gasteiger partial charge in [-0.25, -0.2) is 0 Å². The second-order valence-electron chi connectivity index (χ2n) is 4.84. The smallest absolute Gasteiger partial charge is 0.253 e. The highest BCUT2D eigenvalue weighted by Crippen LogP contribution is 2.22. The lowest BCUT2D eigenvalue weighted by atomic mass is 9.94. The van der Waals surface area contributed by atoms with Crippen LogP contribution in [0.15, 0.2) is 18.2 Å². The lowest BCUT2D eigenvalue weighted by molar-refractivity contribution is 0.0664. The SMILES string of the molecule is CC1CN(C(=O)c2cc(Cl)cc(Cl)c2)CCC1N.Cl. The molecule has 1 heterocycles. The minimum Gasteiger partial charge on any atom is -0.338 e. The third-order valence-electron chi connectivity index (χ3n) is 3.37. The van der Waals surface area contributed by atoms with Crippen LogP contribution in [0.4, 0.5) is 0 Å². The Hall–Kier alpha value is -0.480. The molecule has 2 N–H and O–H groups in total. The van der Waals surface area contributed by atoms with E-state index in [1.807, 2.05) is 4.90 Å². The Kier molecular flexibility index (Phi) is 5.93. The molecule has 1 aromatic rings. The molecule has 1 aliphatic heterocycles. The summed E-state index contributed by atoms with van der Waals surface area (Å²) in [6.45, 7) is 3.44. The van der Waals surface area contributed by atoms with Crippen molar-refractivity contribution < 1.29 is 4.79 Å². The summed E-state index contributed by atoms with van der Waals surface area (Å²) in [6.07, 6.45) is 0.835. The van der Waals surface area contributed by atoms with Crippen LogP contribution in [-0.2, 0) is 0 Å². The summed E-state index contributed by atoms with van der Waals surface area (Å²) >= 11 is 11.8. The molecule has 0 spiro atoms. The largest absolute Gasteiger partial charge is 0.338 e. The molecule has 2 unspecified atom stereocenters. The van der Waals surface area contributed by atoms with Gasteiger partial charge in [0, 0.05) is 34.7 Å². The van der Waals surface area contributed by atoms with Crippen molar-refractivity contribution in [3.8, 4) is 0 Å². The zero-order valence-corrected chi connectivity index (χ0v) is 12.9. The number of nitrogens with two attached hydrogens (primary N) is 1. The average molecular weight is 324 g/mol. The van der Waals surface area contributed by atoms with E-state index in [1.54, 1.807) is 18.2 Å². The predicted molar refractivity (Wildman–Crippen MR) is 81.4 cm³/mol. The summed E-state index contributed by atoms with van der Waals surface area (Å²) in [4.78, 5) is 14.1. The van der Waals surface area contributed by atoms with E-state index >= 15 is 0 Å². The summed E-state index contributed by atoms with van der Waals surface area (Å²) in [5.74, 6) is 0.288. The molecule has 0 bridgehead atoms. The van der Waals surface area contributed by atoms with Crippen molar-refractivity contribution in [2.75, 3.05) is 13.1 Å². The summed E-state index contributed by atoms with van der Waals surface area (Å²) in [6, 6.07) is 5.09. The molecule has 1 fully saturated rings. The maximum absolute atomic E-state index is 12.3. The van der Waals surface area contributed by atoms with E-state index in [-0.39, 0.29) is 24.4 Å². The number of nitrogens with zero attached hydrogens (tertiary/aromatic N) is 1. The van der Waals surface area contributed by atoms with Crippen molar-refractivity contribution >= 4 is 41.5 Å². The fraction of sp³-hybridized carbons (Fsp3) is 0.462. The predicted octanol–water partition coefficient (Wildman–Crippen LogP) is 3.22. The van der Waals surface area contributed by atoms with Gasteiger partial charge in [-0.1, -0.05) is 30.1 Å². The number of benzene rings is 1. The van der Waals surface area contributed by atoms with Crippen molar-refractivity contribution in [3.63, 3.8) is 0 Å². The monoisotopic (exact) mass is 322 g/mol. The molecule has 0 aromatic heterocycles. The van der Waals surface area contributed by atoms with Crippen LogP contribution in [0.5, 0.6) is 0 Å². The van der Waals surface area contributed by atoms with E-state index < -0.39 is 0 Å². The highest BCUT2D eigenvalue weighted by molar-refractivity contribution is 6.35. The minimum absolute atomic E-state index is 0. The van der Waals surface area contributed by atoms with Crippen LogP contribution >= 0.6 is 35.6 Å². The van der Waals surface area contributed by atoms with E-state index in [1.165, 1.54) is 0 Å². The zero-order chi connectivity index (χ0) is 13.3. The summed E-state index contributed by atoms with van der Waals surface area (Å²) < 4.78 is 0. The molecular weight excluding hydrogens is 307 g/mol. The first-order valence-corrected chi connectivity index (χ1v) is 6.74. The number of carbonyl (C=O) groups is 1. The second-order valence-corrected chi connectivity index (χ2v) is 5.71. The van der Waals surface area contributed by atoms with Crippen molar-refractivity contribution in [1.82, 2.24) is 4.90 Å². The highest BCUT2D eigenvalue weighted by atomic mass is 35.5. The van der Waals surface area contributed by atoms with Gasteiger partial charge in [0.25, 0.3) is 5.91 Å². The number of halogens is 3. The van der Waals surface area contributed by atoms with Crippen LogP contribution in [-0.4, -0.2) is 29.9 Å². The molecule has 1 aromatic carbocycles. The fourth-order valence-electron chi connectivity index (χ4n) is 2.21. The van der Waals surface area contributed by atoms with Gasteiger partial charge in [-0.15, -0.1) is 12.4 Å². The van der Waals surface area contributed by atoms with Gasteiger partial charge < -0.3 is 10.6 Å². The van der Waals surface area contributed by atoms with E-state index in [2.05, 4.69) is 6.92 Å². The lowest BCUT2D eigenvalue weighted by Crippen LogP contribution is -2.48. The van der Waals surface area contributed by atoms with E-state index in [9.17, 15) is 4.79 Å². The van der Waals surface area contributed by atoms with E-state index in [0.717, 1.165) is 6.42 Å². The standard InChI is InChI=1S/C13H16Cl2N2O.ClH/c1-8-7-17(3-2-12(8)16)13(18)9-4-10(14)6-11(15)5-9;/h4-6,8,12H,2-3,7,16H2,1H3;1H. The molecule has 2 atom stereocenters. The maximum Gasteiger partial charge on any atom is 0.253 e. The Labute approximate surface area is 129 Å². The first-order chi connectivity index (χ1) is 8.47. The van der Waals surface area contributed by atoms with Crippen molar-refractivity contribution in [3.05, 3.63) is 33.8 Å². The van der Waals surface area contributed by atoms with Gasteiger partial charge in [-0.2, -0.15) is 0 Å². The Morgan fingerprint density at radius 3 is 2.42 bits per heavy atom. The first-order valence-electron chi connectivity index (χ1n) is 5.98. The molecule has 2 rings (SSSR count). The van der Waals surface area contributed by atoms with Crippen LogP contribution in [0, 0.1) is 5.92 Å². The summed E-state index contributed by atoms with van der Waals surface area (Å²) in [7, 11) is 0. The number of piperidine rings is 1. The molecule has 1 saturated heterocycles. The fourth-order valence-corrected chi connectivity index (χ4v) is 2.73. The van der Waals surface area contributed by atoms with E-state index in [4.69, 9.17) is 28.9 Å². The highest BCUT2D eigenvalue weighted by Gasteiger charge is 2.27. The van der Waals surface area contributed by atoms with Crippen molar-refractivity contribution in [2.45, 2.75) is 19.4 Å². The van der Waals surface area contributed by atoms with Gasteiger partial charge in [-0.3, -0.25) is 4.79 Å². The normalized spacial score (nSPS) is 22.8. The number of likely N-dealkylation sites (tertiary alicyclic amines) is 1. The molecule has 0 saturated carbocycles. The van der Waals surface area contributed by atoms with Gasteiger partial charge in [0.1, 0.15) is 0 Å². The third kappa shape index (κ3) is 3.99. The lowest BCUT2D eigenvalue weighted by Gasteiger charge is -2.35. The second kappa shape index (κ2) is 6.80. The molecular formula is C13H17Cl3N2O. The van der Waals surface area contributed by atoms with Crippen LogP contribution < -0.4 is 5.73 Å². The topological polar surface area (TPSA) is 46.3 Å². The van der Waals surface area contributed by atoms with Gasteiger partial charge in [-0.05, 0) is 30.5 Å². The number of amides is 1. The molecule has 106 valence electrons. The zero-order valence-electron chi connectivity index (χ0n) is 10.6. The van der Waals surface area contributed by atoms with E-state index in [0.29, 0.717) is 34.6 Å². The maximum atomic E-state index is 12.3. The Bertz CT molecular complexity index is 447. The molecule has 1 amide bonds. The summed E-state index contributed by atoms with van der Waals surface area (Å²) in [5.41, 5.74) is 6.48. The number of carbonyl (C=O) groups excluding carboxylic acids is 1. The van der Waals surface area contributed by atoms with Gasteiger partial charge in [0.2, 0.25) is 0 Å². The molecule has 6 heteroatoms. The number of hydrogen-bond acceptors (Lipinski definition) is 2. The molecule has 1 aliphatic rings. The molecule has 19 heavy (non-hydrogen) atoms. The van der Waals surface area contributed by atoms with Gasteiger partial charge in [0.05, 0.1) is 0 Å². The van der Waals surface area contributed by atoms with Crippen molar-refractivity contribution in [2.24, 2.45) is 11.7 Å². The average Bonchev–Trinajstić information content (AvgIpc) is 2.30. The number of hydrogen-bond donors (Lipinski definition) is 1. The van der Waals surface area contributed by atoms with Crippen LogP contribution in [0.2, 0.25) is 10.0 Å².